The highest BCUT2D eigenvalue weighted by Gasteiger charge is 2.16. The van der Waals surface area contributed by atoms with Crippen LogP contribution >= 0.6 is 11.8 Å². The van der Waals surface area contributed by atoms with Crippen LogP contribution in [0.25, 0.3) is 11.3 Å². The van der Waals surface area contributed by atoms with Crippen molar-refractivity contribution in [2.45, 2.75) is 19.4 Å². The molecule has 1 aromatic heterocycles. The Balaban J connectivity index is 2.15. The Morgan fingerprint density at radius 1 is 1.26 bits per heavy atom. The van der Waals surface area contributed by atoms with E-state index >= 15 is 0 Å². The summed E-state index contributed by atoms with van der Waals surface area (Å²) in [5.74, 6) is 0.642. The Morgan fingerprint density at radius 3 is 2.61 bits per heavy atom. The van der Waals surface area contributed by atoms with Crippen LogP contribution in [0.15, 0.2) is 42.5 Å². The summed E-state index contributed by atoms with van der Waals surface area (Å²) < 4.78 is 0. The third-order valence-electron chi connectivity index (χ3n) is 3.58. The molecule has 0 saturated heterocycles. The van der Waals surface area contributed by atoms with Crippen LogP contribution in [0.4, 0.5) is 0 Å². The van der Waals surface area contributed by atoms with E-state index in [0.717, 1.165) is 17.0 Å². The SMILES string of the molecule is CSCC(CCO)NC(=O)c1ccc(-c2ccccc2)nc1C. The van der Waals surface area contributed by atoms with Crippen LogP contribution in [0.1, 0.15) is 22.5 Å². The van der Waals surface area contributed by atoms with Gasteiger partial charge in [0.2, 0.25) is 0 Å². The third kappa shape index (κ3) is 4.81. The summed E-state index contributed by atoms with van der Waals surface area (Å²) in [6.45, 7) is 1.91. The Morgan fingerprint density at radius 2 is 2.00 bits per heavy atom. The van der Waals surface area contributed by atoms with Gasteiger partial charge in [0.25, 0.3) is 5.91 Å². The van der Waals surface area contributed by atoms with Crippen LogP contribution in [0.2, 0.25) is 0 Å². The predicted molar refractivity (Wildman–Crippen MR) is 95.7 cm³/mol. The van der Waals surface area contributed by atoms with Gasteiger partial charge in [-0.2, -0.15) is 11.8 Å². The molecule has 1 aromatic carbocycles. The van der Waals surface area contributed by atoms with E-state index in [2.05, 4.69) is 10.3 Å². The van der Waals surface area contributed by atoms with E-state index in [0.29, 0.717) is 17.7 Å². The summed E-state index contributed by atoms with van der Waals surface area (Å²) in [4.78, 5) is 17.0. The lowest BCUT2D eigenvalue weighted by Gasteiger charge is -2.17. The number of benzene rings is 1. The van der Waals surface area contributed by atoms with E-state index < -0.39 is 0 Å². The van der Waals surface area contributed by atoms with Crippen LogP contribution < -0.4 is 5.32 Å². The molecule has 0 saturated carbocycles. The van der Waals surface area contributed by atoms with Crippen LogP contribution in [-0.4, -0.2) is 40.7 Å². The van der Waals surface area contributed by atoms with Gasteiger partial charge in [-0.3, -0.25) is 9.78 Å². The predicted octanol–water partition coefficient (Wildman–Crippen LogP) is 2.90. The lowest BCUT2D eigenvalue weighted by Crippen LogP contribution is -2.37. The zero-order chi connectivity index (χ0) is 16.7. The fraction of sp³-hybridized carbons (Fsp3) is 0.333. The van der Waals surface area contributed by atoms with E-state index in [1.54, 1.807) is 11.8 Å². The molecule has 0 fully saturated rings. The number of nitrogens with zero attached hydrogens (tertiary/aromatic N) is 1. The first-order chi connectivity index (χ1) is 11.2. The summed E-state index contributed by atoms with van der Waals surface area (Å²) in [6, 6.07) is 13.5. The van der Waals surface area contributed by atoms with E-state index in [-0.39, 0.29) is 18.6 Å². The maximum Gasteiger partial charge on any atom is 0.253 e. The van der Waals surface area contributed by atoms with Gasteiger partial charge >= 0.3 is 0 Å². The van der Waals surface area contributed by atoms with Crippen molar-refractivity contribution < 1.29 is 9.90 Å². The van der Waals surface area contributed by atoms with Gasteiger partial charge in [-0.1, -0.05) is 30.3 Å². The Bertz CT molecular complexity index is 641. The number of pyridine rings is 1. The standard InChI is InChI=1S/C18H22N2O2S/c1-13-16(18(22)20-15(10-11-21)12-23-2)8-9-17(19-13)14-6-4-3-5-7-14/h3-9,15,21H,10-12H2,1-2H3,(H,20,22). The van der Waals surface area contributed by atoms with E-state index in [4.69, 9.17) is 5.11 Å². The lowest BCUT2D eigenvalue weighted by atomic mass is 10.1. The monoisotopic (exact) mass is 330 g/mol. The molecular weight excluding hydrogens is 308 g/mol. The second-order valence-corrected chi connectivity index (χ2v) is 6.24. The van der Waals surface area contributed by atoms with Gasteiger partial charge in [-0.25, -0.2) is 0 Å². The Kier molecular flexibility index (Phi) is 6.62. The van der Waals surface area contributed by atoms with Crippen molar-refractivity contribution in [3.05, 3.63) is 53.7 Å². The number of rotatable bonds is 7. The molecular formula is C18H22N2O2S. The Labute approximate surface area is 141 Å². The lowest BCUT2D eigenvalue weighted by molar-refractivity contribution is 0.0934. The molecule has 0 spiro atoms. The number of aliphatic hydroxyl groups is 1. The summed E-state index contributed by atoms with van der Waals surface area (Å²) >= 11 is 1.65. The average Bonchev–Trinajstić information content (AvgIpc) is 2.56. The molecule has 1 amide bonds. The second kappa shape index (κ2) is 8.70. The minimum Gasteiger partial charge on any atom is -0.396 e. The number of amides is 1. The molecule has 1 atom stereocenters. The highest BCUT2D eigenvalue weighted by molar-refractivity contribution is 7.98. The molecule has 0 aliphatic heterocycles. The van der Waals surface area contributed by atoms with Crippen molar-refractivity contribution in [2.24, 2.45) is 0 Å². The molecule has 2 aromatic rings. The first-order valence-corrected chi connectivity index (χ1v) is 8.98. The van der Waals surface area contributed by atoms with Crippen molar-refractivity contribution >= 4 is 17.7 Å². The summed E-state index contributed by atoms with van der Waals surface area (Å²) in [5.41, 5.74) is 3.17. The molecule has 0 aliphatic rings. The zero-order valence-corrected chi connectivity index (χ0v) is 14.3. The topological polar surface area (TPSA) is 62.2 Å². The first-order valence-electron chi connectivity index (χ1n) is 7.59. The fourth-order valence-electron chi connectivity index (χ4n) is 2.39. The molecule has 2 N–H and O–H groups in total. The molecule has 2 rings (SSSR count). The molecule has 5 heteroatoms. The van der Waals surface area contributed by atoms with Gasteiger partial charge in [0, 0.05) is 24.0 Å². The van der Waals surface area contributed by atoms with E-state index in [1.807, 2.05) is 55.6 Å². The van der Waals surface area contributed by atoms with Crippen LogP contribution in [0, 0.1) is 6.92 Å². The molecule has 1 heterocycles. The minimum absolute atomic E-state index is 0.0318. The molecule has 0 bridgehead atoms. The fourth-order valence-corrected chi connectivity index (χ4v) is 3.04. The Hall–Kier alpha value is -1.85. The zero-order valence-electron chi connectivity index (χ0n) is 13.5. The van der Waals surface area contributed by atoms with Gasteiger partial charge in [0.1, 0.15) is 0 Å². The normalized spacial score (nSPS) is 12.0. The van der Waals surface area contributed by atoms with Gasteiger partial charge in [0.15, 0.2) is 0 Å². The van der Waals surface area contributed by atoms with Crippen molar-refractivity contribution in [2.75, 3.05) is 18.6 Å². The van der Waals surface area contributed by atoms with Crippen molar-refractivity contribution in [3.8, 4) is 11.3 Å². The maximum absolute atomic E-state index is 12.4. The number of aliphatic hydroxyl groups excluding tert-OH is 1. The van der Waals surface area contributed by atoms with Gasteiger partial charge in [0.05, 0.1) is 17.0 Å². The second-order valence-electron chi connectivity index (χ2n) is 5.33. The number of aromatic nitrogens is 1. The molecule has 1 unspecified atom stereocenters. The van der Waals surface area contributed by atoms with Crippen molar-refractivity contribution in [1.82, 2.24) is 10.3 Å². The quantitative estimate of drug-likeness (QED) is 0.819. The largest absolute Gasteiger partial charge is 0.396 e. The van der Waals surface area contributed by atoms with Gasteiger partial charge < -0.3 is 10.4 Å². The van der Waals surface area contributed by atoms with Crippen molar-refractivity contribution in [1.29, 1.82) is 0 Å². The average molecular weight is 330 g/mol. The van der Waals surface area contributed by atoms with Gasteiger partial charge in [-0.05, 0) is 31.7 Å². The maximum atomic E-state index is 12.4. The number of carbonyl (C=O) groups excluding carboxylic acids is 1. The van der Waals surface area contributed by atoms with Gasteiger partial charge in [-0.15, -0.1) is 0 Å². The first kappa shape index (κ1) is 17.5. The number of nitrogens with one attached hydrogen (secondary N) is 1. The third-order valence-corrected chi connectivity index (χ3v) is 4.32. The van der Waals surface area contributed by atoms with Crippen LogP contribution in [-0.2, 0) is 0 Å². The van der Waals surface area contributed by atoms with Crippen molar-refractivity contribution in [3.63, 3.8) is 0 Å². The molecule has 4 nitrogen and oxygen atoms in total. The number of aryl methyl sites for hydroxylation is 1. The summed E-state index contributed by atoms with van der Waals surface area (Å²) in [7, 11) is 0. The number of carbonyl (C=O) groups is 1. The molecule has 23 heavy (non-hydrogen) atoms. The number of thioether (sulfide) groups is 1. The summed E-state index contributed by atoms with van der Waals surface area (Å²) in [6.07, 6.45) is 2.54. The highest BCUT2D eigenvalue weighted by Crippen LogP contribution is 2.18. The summed E-state index contributed by atoms with van der Waals surface area (Å²) in [5, 5.41) is 12.1. The van der Waals surface area contributed by atoms with Crippen LogP contribution in [0.5, 0.6) is 0 Å². The van der Waals surface area contributed by atoms with E-state index in [1.165, 1.54) is 0 Å². The number of hydrogen-bond donors (Lipinski definition) is 2. The van der Waals surface area contributed by atoms with E-state index in [9.17, 15) is 4.79 Å². The minimum atomic E-state index is -0.137. The molecule has 0 radical (unpaired) electrons. The van der Waals surface area contributed by atoms with Crippen LogP contribution in [0.3, 0.4) is 0 Å². The molecule has 122 valence electrons. The number of hydrogen-bond acceptors (Lipinski definition) is 4. The highest BCUT2D eigenvalue weighted by atomic mass is 32.2. The smallest absolute Gasteiger partial charge is 0.253 e. The molecule has 0 aliphatic carbocycles.